The summed E-state index contributed by atoms with van der Waals surface area (Å²) in [7, 11) is 13.0. The van der Waals surface area contributed by atoms with Crippen molar-refractivity contribution in [3.05, 3.63) is 202 Å². The zero-order valence-corrected chi connectivity index (χ0v) is 43.1. The van der Waals surface area contributed by atoms with Crippen molar-refractivity contribution < 1.29 is 18.9 Å². The van der Waals surface area contributed by atoms with E-state index in [1.54, 1.807) is 0 Å². The van der Waals surface area contributed by atoms with Gasteiger partial charge in [0.15, 0.2) is 0 Å². The molecule has 0 N–H and O–H groups in total. The van der Waals surface area contributed by atoms with E-state index in [2.05, 4.69) is 133 Å². The van der Waals surface area contributed by atoms with Crippen LogP contribution in [-0.2, 0) is 53.2 Å². The van der Waals surface area contributed by atoms with Crippen LogP contribution in [0.4, 0.5) is 0 Å². The second-order valence-electron chi connectivity index (χ2n) is 17.6. The number of alkyl halides is 4. The van der Waals surface area contributed by atoms with Gasteiger partial charge in [0.2, 0.25) is 0 Å². The van der Waals surface area contributed by atoms with E-state index in [0.29, 0.717) is 23.5 Å². The Hall–Kier alpha value is -2.97. The van der Waals surface area contributed by atoms with E-state index in [4.69, 9.17) is 63.4 Å². The van der Waals surface area contributed by atoms with Gasteiger partial charge in [-0.25, -0.2) is 12.1 Å². The van der Waals surface area contributed by atoms with Crippen molar-refractivity contribution in [1.82, 2.24) is 0 Å². The third kappa shape index (κ3) is 12.0. The smallest absolute Gasteiger partial charge is 0.172 e. The molecule has 7 heteroatoms. The Balaban J connectivity index is 0.000000193. The maximum absolute atomic E-state index is 6.49. The predicted molar refractivity (Wildman–Crippen MR) is 273 cm³/mol. The molecule has 0 bridgehead atoms. The fraction of sp³-hybridized carbons (Fsp3) is 0.218. The zero-order chi connectivity index (χ0) is 44.6. The van der Waals surface area contributed by atoms with Crippen molar-refractivity contribution in [3.8, 4) is 22.3 Å². The molecule has 0 heterocycles. The Kier molecular flexibility index (Phi) is 17.1. The molecule has 62 heavy (non-hydrogen) atoms. The molecule has 8 rings (SSSR count). The molecule has 0 aliphatic carbocycles. The van der Waals surface area contributed by atoms with Crippen LogP contribution in [0.25, 0.3) is 43.8 Å². The Morgan fingerprint density at radius 3 is 1.10 bits per heavy atom. The molecule has 0 spiro atoms. The fourth-order valence-corrected chi connectivity index (χ4v) is 12.9. The number of halogens is 6. The topological polar surface area (TPSA) is 0 Å². The molecule has 320 valence electrons. The van der Waals surface area contributed by atoms with Gasteiger partial charge in [0.05, 0.1) is 0 Å². The first-order valence-corrected chi connectivity index (χ1v) is 30.4. The number of fused-ring (bicyclic) bond motifs is 3. The van der Waals surface area contributed by atoms with Crippen LogP contribution in [0.1, 0.15) is 86.1 Å². The Bertz CT molecular complexity index is 2520. The fourth-order valence-electron chi connectivity index (χ4n) is 7.89. The summed E-state index contributed by atoms with van der Waals surface area (Å²) in [4.78, 5) is 0. The average Bonchev–Trinajstić information content (AvgIpc) is 3.97. The van der Waals surface area contributed by atoms with Crippen LogP contribution in [0.2, 0.25) is 0 Å². The van der Waals surface area contributed by atoms with Gasteiger partial charge in [-0.3, -0.25) is 0 Å². The summed E-state index contributed by atoms with van der Waals surface area (Å²) in [6, 6.07) is 55.8. The quantitative estimate of drug-likeness (QED) is 0.105. The molecule has 0 nitrogen and oxygen atoms in total. The molecular weight excluding hydrogens is 965 g/mol. The van der Waals surface area contributed by atoms with E-state index in [0.717, 1.165) is 36.6 Å². The minimum Gasteiger partial charge on any atom is -0.214 e. The standard InChI is InChI=1S/C33H33.C17H14Cl4.C5H5.2ClH.Zr/c1-32(2,3)30-20-26-24(18-28(30)22-13-9-7-10-14-22)17-25-19-29(23-15-11-8-12-16-23)31(21-27(25)26)33(4,5)6;18-8-14-2-12(3-15(6-14)9-19)1-13-4-16(10-20)7-17(5-13)11-21;1-2-4-5-3-1;;;/h7-21H,1-6H3;2-7H,8-11H2;1-5H;2*1H;/q-1;;-1;;;+2/p-2. The summed E-state index contributed by atoms with van der Waals surface area (Å²) in [6.45, 7) is 13.9. The first kappa shape index (κ1) is 48.5. The molecular formula is C55H52Cl6Zr-2. The van der Waals surface area contributed by atoms with Gasteiger partial charge in [-0.15, -0.1) is 39.7 Å². The van der Waals surface area contributed by atoms with Gasteiger partial charge in [0.25, 0.3) is 0 Å². The molecule has 8 aromatic rings. The molecule has 0 unspecified atom stereocenters. The van der Waals surface area contributed by atoms with E-state index in [1.807, 2.05) is 66.7 Å². The molecule has 0 saturated heterocycles. The van der Waals surface area contributed by atoms with Crippen molar-refractivity contribution in [1.29, 1.82) is 0 Å². The largest absolute Gasteiger partial charge is 0.214 e. The molecule has 0 fully saturated rings. The molecule has 8 aromatic carbocycles. The van der Waals surface area contributed by atoms with Crippen LogP contribution in [-0.4, -0.2) is 3.21 Å². The SMILES string of the molecule is CC(C)(C)c1cc2c(cc1-c1ccccc1)[cH-]c1cc(-c3ccccc3)c(C(C)(C)C)cc12.ClCc1cc(CCl)cc([C](c2cc(CCl)cc(CCl)c2)=[Zr]([Cl])[Cl])c1.c1cc[cH-]c1. The Labute approximate surface area is 403 Å². The monoisotopic (exact) mass is 1010 g/mol. The molecule has 0 aliphatic rings. The van der Waals surface area contributed by atoms with E-state index in [1.165, 1.54) is 54.9 Å². The van der Waals surface area contributed by atoms with Gasteiger partial charge in [-0.05, 0) is 44.2 Å². The summed E-state index contributed by atoms with van der Waals surface area (Å²) < 4.78 is 0.984. The van der Waals surface area contributed by atoms with Crippen molar-refractivity contribution in [3.63, 3.8) is 0 Å². The molecule has 0 atom stereocenters. The van der Waals surface area contributed by atoms with Gasteiger partial charge in [-0.1, -0.05) is 114 Å². The third-order valence-electron chi connectivity index (χ3n) is 10.8. The number of rotatable bonds is 8. The van der Waals surface area contributed by atoms with Crippen LogP contribution >= 0.6 is 63.4 Å². The normalized spacial score (nSPS) is 11.5. The zero-order valence-electron chi connectivity index (χ0n) is 36.1. The number of hydrogen-bond donors (Lipinski definition) is 0. The van der Waals surface area contributed by atoms with Gasteiger partial charge in [0, 0.05) is 0 Å². The van der Waals surface area contributed by atoms with Crippen LogP contribution in [0.15, 0.2) is 158 Å². The van der Waals surface area contributed by atoms with Crippen LogP contribution in [0.5, 0.6) is 0 Å². The van der Waals surface area contributed by atoms with Gasteiger partial charge in [0.1, 0.15) is 0 Å². The van der Waals surface area contributed by atoms with Crippen molar-refractivity contribution in [2.24, 2.45) is 0 Å². The Morgan fingerprint density at radius 1 is 0.468 bits per heavy atom. The minimum atomic E-state index is -2.78. The van der Waals surface area contributed by atoms with E-state index in [9.17, 15) is 0 Å². The van der Waals surface area contributed by atoms with Crippen LogP contribution in [0, 0.1) is 0 Å². The molecule has 0 radical (unpaired) electrons. The minimum absolute atomic E-state index is 0.0554. The summed E-state index contributed by atoms with van der Waals surface area (Å²) in [5.74, 6) is 1.62. The van der Waals surface area contributed by atoms with E-state index >= 15 is 0 Å². The van der Waals surface area contributed by atoms with Gasteiger partial charge < -0.3 is 0 Å². The molecule has 0 saturated carbocycles. The summed E-state index contributed by atoms with van der Waals surface area (Å²) in [5, 5.41) is 5.36. The molecule has 0 aliphatic heterocycles. The summed E-state index contributed by atoms with van der Waals surface area (Å²) in [6.07, 6.45) is 0. The maximum Gasteiger partial charge on any atom is -0.172 e. The second kappa shape index (κ2) is 21.8. The Morgan fingerprint density at radius 2 is 0.823 bits per heavy atom. The summed E-state index contributed by atoms with van der Waals surface area (Å²) in [5.41, 5.74) is 14.1. The van der Waals surface area contributed by atoms with Crippen LogP contribution in [0.3, 0.4) is 0 Å². The predicted octanol–water partition coefficient (Wildman–Crippen LogP) is 18.2. The van der Waals surface area contributed by atoms with E-state index in [-0.39, 0.29) is 10.8 Å². The molecule has 0 amide bonds. The summed E-state index contributed by atoms with van der Waals surface area (Å²) >= 11 is 21.3. The van der Waals surface area contributed by atoms with Crippen LogP contribution < -0.4 is 0 Å². The average molecular weight is 1020 g/mol. The maximum atomic E-state index is 6.49. The van der Waals surface area contributed by atoms with E-state index < -0.39 is 18.9 Å². The first-order chi connectivity index (χ1) is 29.6. The number of hydrogen-bond acceptors (Lipinski definition) is 0. The van der Waals surface area contributed by atoms with Crippen molar-refractivity contribution in [2.75, 3.05) is 0 Å². The van der Waals surface area contributed by atoms with Crippen molar-refractivity contribution >= 4 is 88.2 Å². The third-order valence-corrected chi connectivity index (χ3v) is 16.6. The van der Waals surface area contributed by atoms with Crippen molar-refractivity contribution in [2.45, 2.75) is 75.9 Å². The first-order valence-electron chi connectivity index (χ1n) is 20.7. The van der Waals surface area contributed by atoms with Gasteiger partial charge in [-0.2, -0.15) is 18.2 Å². The molecule has 0 aromatic heterocycles. The number of benzene rings is 6. The second-order valence-corrected chi connectivity index (χ2v) is 26.7. The van der Waals surface area contributed by atoms with Gasteiger partial charge >= 0.3 is 179 Å².